The van der Waals surface area contributed by atoms with Crippen molar-refractivity contribution in [2.75, 3.05) is 10.6 Å². The lowest BCUT2D eigenvalue weighted by Crippen LogP contribution is -2.16. The minimum absolute atomic E-state index is 0.236. The smallest absolute Gasteiger partial charge is 0.276 e. The van der Waals surface area contributed by atoms with Gasteiger partial charge in [0.05, 0.1) is 11.6 Å². The van der Waals surface area contributed by atoms with Gasteiger partial charge in [-0.25, -0.2) is 0 Å². The highest BCUT2D eigenvalue weighted by Gasteiger charge is 2.12. The van der Waals surface area contributed by atoms with E-state index in [9.17, 15) is 4.79 Å². The Morgan fingerprint density at radius 3 is 2.19 bits per heavy atom. The number of benzene rings is 2. The summed E-state index contributed by atoms with van der Waals surface area (Å²) < 4.78 is 0. The molecular weight excluding hydrogens is 338 g/mol. The van der Waals surface area contributed by atoms with E-state index in [0.29, 0.717) is 11.4 Å². The van der Waals surface area contributed by atoms with Gasteiger partial charge >= 0.3 is 0 Å². The highest BCUT2D eigenvalue weighted by atomic mass is 16.1. The van der Waals surface area contributed by atoms with Crippen LogP contribution in [0.2, 0.25) is 0 Å². The molecule has 3 rings (SSSR count). The summed E-state index contributed by atoms with van der Waals surface area (Å²) in [4.78, 5) is 12.5. The summed E-state index contributed by atoms with van der Waals surface area (Å²) in [6.45, 7) is 5.95. The van der Waals surface area contributed by atoms with Crippen molar-refractivity contribution in [3.05, 3.63) is 76.5 Å². The van der Waals surface area contributed by atoms with Crippen molar-refractivity contribution in [3.63, 3.8) is 0 Å². The van der Waals surface area contributed by atoms with E-state index in [1.54, 1.807) is 36.4 Å². The normalized spacial score (nSPS) is 10.1. The standard InChI is InChI=1S/C21H19N5O/c1-13-10-14(2)20(15(3)11-13)24-21(27)18-8-9-19(26-25-18)23-17-6-4-16(12-22)5-7-17/h4-11H,1-3H3,(H,23,26)(H,24,27). The molecule has 6 nitrogen and oxygen atoms in total. The Bertz CT molecular complexity index is 995. The van der Waals surface area contributed by atoms with E-state index in [2.05, 4.69) is 26.9 Å². The molecule has 0 atom stereocenters. The molecule has 0 aliphatic carbocycles. The van der Waals surface area contributed by atoms with E-state index in [1.165, 1.54) is 0 Å². The topological polar surface area (TPSA) is 90.7 Å². The summed E-state index contributed by atoms with van der Waals surface area (Å²) in [6.07, 6.45) is 0. The van der Waals surface area contributed by atoms with Crippen molar-refractivity contribution in [3.8, 4) is 6.07 Å². The summed E-state index contributed by atoms with van der Waals surface area (Å²) >= 11 is 0. The number of aromatic nitrogens is 2. The lowest BCUT2D eigenvalue weighted by molar-refractivity contribution is 0.102. The van der Waals surface area contributed by atoms with Crippen molar-refractivity contribution in [1.82, 2.24) is 10.2 Å². The lowest BCUT2D eigenvalue weighted by atomic mass is 10.1. The van der Waals surface area contributed by atoms with Gasteiger partial charge in [-0.15, -0.1) is 10.2 Å². The third-order valence-electron chi connectivity index (χ3n) is 4.10. The Labute approximate surface area is 157 Å². The summed E-state index contributed by atoms with van der Waals surface area (Å²) in [5.74, 6) is 0.210. The Hall–Kier alpha value is -3.72. The van der Waals surface area contributed by atoms with Crippen molar-refractivity contribution < 1.29 is 4.79 Å². The van der Waals surface area contributed by atoms with Crippen LogP contribution in [0.5, 0.6) is 0 Å². The Morgan fingerprint density at radius 1 is 0.963 bits per heavy atom. The second-order valence-electron chi connectivity index (χ2n) is 6.35. The molecule has 0 saturated carbocycles. The molecule has 3 aromatic rings. The minimum atomic E-state index is -0.303. The monoisotopic (exact) mass is 357 g/mol. The fourth-order valence-corrected chi connectivity index (χ4v) is 2.85. The molecule has 0 saturated heterocycles. The molecule has 6 heteroatoms. The van der Waals surface area contributed by atoms with E-state index < -0.39 is 0 Å². The van der Waals surface area contributed by atoms with E-state index in [4.69, 9.17) is 5.26 Å². The van der Waals surface area contributed by atoms with Crippen molar-refractivity contribution in [2.45, 2.75) is 20.8 Å². The highest BCUT2D eigenvalue weighted by molar-refractivity contribution is 6.03. The van der Waals surface area contributed by atoms with Crippen LogP contribution in [0.15, 0.2) is 48.5 Å². The third-order valence-corrected chi connectivity index (χ3v) is 4.10. The van der Waals surface area contributed by atoms with Gasteiger partial charge in [-0.2, -0.15) is 5.26 Å². The van der Waals surface area contributed by atoms with Gasteiger partial charge in [0.15, 0.2) is 11.5 Å². The number of carbonyl (C=O) groups is 1. The summed E-state index contributed by atoms with van der Waals surface area (Å²) in [6, 6.07) is 16.4. The van der Waals surface area contributed by atoms with Crippen molar-refractivity contribution >= 4 is 23.1 Å². The van der Waals surface area contributed by atoms with Gasteiger partial charge in [0.1, 0.15) is 0 Å². The van der Waals surface area contributed by atoms with E-state index in [1.807, 2.05) is 32.9 Å². The average Bonchev–Trinajstić information content (AvgIpc) is 2.65. The van der Waals surface area contributed by atoms with E-state index >= 15 is 0 Å². The number of nitrogens with zero attached hydrogens (tertiary/aromatic N) is 3. The molecular formula is C21H19N5O. The zero-order valence-electron chi connectivity index (χ0n) is 15.4. The molecule has 1 amide bonds. The number of amides is 1. The summed E-state index contributed by atoms with van der Waals surface area (Å²) in [5.41, 5.74) is 5.57. The first-order valence-corrected chi connectivity index (χ1v) is 8.46. The number of aryl methyl sites for hydroxylation is 3. The fourth-order valence-electron chi connectivity index (χ4n) is 2.85. The van der Waals surface area contributed by atoms with Gasteiger partial charge < -0.3 is 10.6 Å². The molecule has 2 N–H and O–H groups in total. The quantitative estimate of drug-likeness (QED) is 0.728. The SMILES string of the molecule is Cc1cc(C)c(NC(=O)c2ccc(Nc3ccc(C#N)cc3)nn2)c(C)c1. The van der Waals surface area contributed by atoms with Gasteiger partial charge in [0.2, 0.25) is 0 Å². The maximum atomic E-state index is 12.5. The number of hydrogen-bond acceptors (Lipinski definition) is 5. The maximum Gasteiger partial charge on any atom is 0.276 e. The largest absolute Gasteiger partial charge is 0.339 e. The fraction of sp³-hybridized carbons (Fsp3) is 0.143. The molecule has 0 fully saturated rings. The Balaban J connectivity index is 1.71. The van der Waals surface area contributed by atoms with Crippen molar-refractivity contribution in [1.29, 1.82) is 5.26 Å². The van der Waals surface area contributed by atoms with E-state index in [-0.39, 0.29) is 11.6 Å². The van der Waals surface area contributed by atoms with Crippen LogP contribution >= 0.6 is 0 Å². The van der Waals surface area contributed by atoms with Crippen LogP contribution in [0, 0.1) is 32.1 Å². The average molecular weight is 357 g/mol. The van der Waals surface area contributed by atoms with Gasteiger partial charge in [0, 0.05) is 11.4 Å². The predicted octanol–water partition coefficient (Wildman–Crippen LogP) is 4.27. The summed E-state index contributed by atoms with van der Waals surface area (Å²) in [7, 11) is 0. The van der Waals surface area contributed by atoms with Gasteiger partial charge in [-0.05, 0) is 68.3 Å². The number of nitriles is 1. The molecule has 0 aliphatic rings. The van der Waals surface area contributed by atoms with Crippen LogP contribution in [-0.4, -0.2) is 16.1 Å². The second-order valence-corrected chi connectivity index (χ2v) is 6.35. The Kier molecular flexibility index (Phi) is 5.13. The number of rotatable bonds is 4. The first kappa shape index (κ1) is 18.1. The molecule has 1 aromatic heterocycles. The van der Waals surface area contributed by atoms with E-state index in [0.717, 1.165) is 28.1 Å². The molecule has 1 heterocycles. The van der Waals surface area contributed by atoms with Crippen LogP contribution < -0.4 is 10.6 Å². The second kappa shape index (κ2) is 7.67. The number of carbonyl (C=O) groups excluding carboxylic acids is 1. The first-order valence-electron chi connectivity index (χ1n) is 8.46. The molecule has 2 aromatic carbocycles. The molecule has 0 radical (unpaired) electrons. The van der Waals surface area contributed by atoms with Crippen LogP contribution in [0.25, 0.3) is 0 Å². The third kappa shape index (κ3) is 4.28. The van der Waals surface area contributed by atoms with Gasteiger partial charge in [-0.3, -0.25) is 4.79 Å². The lowest BCUT2D eigenvalue weighted by Gasteiger charge is -2.12. The maximum absolute atomic E-state index is 12.5. The van der Waals surface area contributed by atoms with Gasteiger partial charge in [0.25, 0.3) is 5.91 Å². The van der Waals surface area contributed by atoms with Gasteiger partial charge in [-0.1, -0.05) is 17.7 Å². The number of nitrogens with one attached hydrogen (secondary N) is 2. The molecule has 0 spiro atoms. The first-order chi connectivity index (χ1) is 13.0. The number of hydrogen-bond donors (Lipinski definition) is 2. The molecule has 0 bridgehead atoms. The highest BCUT2D eigenvalue weighted by Crippen LogP contribution is 2.22. The molecule has 134 valence electrons. The van der Waals surface area contributed by atoms with Crippen LogP contribution in [-0.2, 0) is 0 Å². The van der Waals surface area contributed by atoms with Crippen molar-refractivity contribution in [2.24, 2.45) is 0 Å². The van der Waals surface area contributed by atoms with Crippen LogP contribution in [0.1, 0.15) is 32.7 Å². The number of anilines is 3. The van der Waals surface area contributed by atoms with Crippen LogP contribution in [0.3, 0.4) is 0 Å². The molecule has 27 heavy (non-hydrogen) atoms. The summed E-state index contributed by atoms with van der Waals surface area (Å²) in [5, 5.41) is 22.9. The molecule has 0 unspecified atom stereocenters. The predicted molar refractivity (Wildman–Crippen MR) is 105 cm³/mol. The van der Waals surface area contributed by atoms with Crippen LogP contribution in [0.4, 0.5) is 17.2 Å². The minimum Gasteiger partial charge on any atom is -0.339 e. The molecule has 0 aliphatic heterocycles. The zero-order chi connectivity index (χ0) is 19.4. The Morgan fingerprint density at radius 2 is 1.63 bits per heavy atom. The zero-order valence-corrected chi connectivity index (χ0v) is 15.4.